The van der Waals surface area contributed by atoms with Crippen LogP contribution in [-0.4, -0.2) is 43.3 Å². The Hall–Kier alpha value is -3.39. The van der Waals surface area contributed by atoms with Gasteiger partial charge in [0.1, 0.15) is 11.4 Å². The van der Waals surface area contributed by atoms with Crippen LogP contribution in [0.25, 0.3) is 11.0 Å². The number of nitrogens with zero attached hydrogens (tertiary/aromatic N) is 1. The average molecular weight is 496 g/mol. The van der Waals surface area contributed by atoms with E-state index in [9.17, 15) is 14.0 Å². The zero-order chi connectivity index (χ0) is 25.2. The van der Waals surface area contributed by atoms with E-state index in [-0.39, 0.29) is 34.3 Å². The molecule has 7 nitrogen and oxygen atoms in total. The molecule has 8 heteroatoms. The van der Waals surface area contributed by atoms with E-state index in [0.717, 1.165) is 31.7 Å². The summed E-state index contributed by atoms with van der Waals surface area (Å²) in [5, 5.41) is 0.107. The molecule has 36 heavy (non-hydrogen) atoms. The number of hydrogen-bond acceptors (Lipinski definition) is 6. The van der Waals surface area contributed by atoms with E-state index >= 15 is 0 Å². The SMILES string of the molecule is CCCCOc1ccc(C2c3c(oc4ccc(F)cc4c3=O)C(=O)N2CC2CCCO2)cc1OCC. The van der Waals surface area contributed by atoms with E-state index in [1.165, 1.54) is 12.1 Å². The highest BCUT2D eigenvalue weighted by molar-refractivity contribution is 5.99. The molecule has 0 bridgehead atoms. The highest BCUT2D eigenvalue weighted by atomic mass is 19.1. The minimum absolute atomic E-state index is 0.0108. The van der Waals surface area contributed by atoms with E-state index in [1.807, 2.05) is 25.1 Å². The summed E-state index contributed by atoms with van der Waals surface area (Å²) in [6, 6.07) is 8.50. The van der Waals surface area contributed by atoms with E-state index in [0.29, 0.717) is 43.4 Å². The first-order valence-electron chi connectivity index (χ1n) is 12.6. The van der Waals surface area contributed by atoms with Crippen molar-refractivity contribution in [2.45, 2.75) is 51.7 Å². The smallest absolute Gasteiger partial charge is 0.291 e. The summed E-state index contributed by atoms with van der Waals surface area (Å²) in [6.45, 7) is 5.93. The quantitative estimate of drug-likeness (QED) is 0.378. The normalized spacial score (nSPS) is 19.2. The molecule has 0 aliphatic carbocycles. The Bertz CT molecular complexity index is 1330. The number of benzene rings is 2. The fourth-order valence-corrected chi connectivity index (χ4v) is 4.94. The van der Waals surface area contributed by atoms with Gasteiger partial charge in [0.15, 0.2) is 16.9 Å². The number of ether oxygens (including phenoxy) is 3. The molecule has 2 aromatic carbocycles. The number of amides is 1. The van der Waals surface area contributed by atoms with Gasteiger partial charge in [0, 0.05) is 13.2 Å². The second kappa shape index (κ2) is 10.3. The van der Waals surface area contributed by atoms with Crippen LogP contribution in [0.1, 0.15) is 67.3 Å². The molecule has 2 atom stereocenters. The monoisotopic (exact) mass is 495 g/mol. The third-order valence-corrected chi connectivity index (χ3v) is 6.69. The molecule has 2 aliphatic heterocycles. The molecular weight excluding hydrogens is 465 g/mol. The maximum atomic E-state index is 14.0. The first-order chi connectivity index (χ1) is 17.5. The number of fused-ring (bicyclic) bond motifs is 2. The molecule has 0 radical (unpaired) electrons. The van der Waals surface area contributed by atoms with Crippen LogP contribution in [-0.2, 0) is 4.74 Å². The van der Waals surface area contributed by atoms with Gasteiger partial charge in [-0.05, 0) is 62.1 Å². The van der Waals surface area contributed by atoms with Crippen LogP contribution in [0.4, 0.5) is 4.39 Å². The van der Waals surface area contributed by atoms with Gasteiger partial charge in [-0.15, -0.1) is 0 Å². The summed E-state index contributed by atoms with van der Waals surface area (Å²) in [5.41, 5.74) is 0.661. The van der Waals surface area contributed by atoms with Crippen LogP contribution in [0.3, 0.4) is 0 Å². The molecule has 1 saturated heterocycles. The van der Waals surface area contributed by atoms with E-state index in [1.54, 1.807) is 4.90 Å². The van der Waals surface area contributed by atoms with Crippen LogP contribution in [0, 0.1) is 5.82 Å². The summed E-state index contributed by atoms with van der Waals surface area (Å²) in [6.07, 6.45) is 3.54. The first-order valence-corrected chi connectivity index (χ1v) is 12.6. The first kappa shape index (κ1) is 24.3. The lowest BCUT2D eigenvalue weighted by Gasteiger charge is -2.28. The predicted octanol–water partition coefficient (Wildman–Crippen LogP) is 5.23. The summed E-state index contributed by atoms with van der Waals surface area (Å²) in [5.74, 6) is 0.217. The van der Waals surface area contributed by atoms with Gasteiger partial charge in [-0.25, -0.2) is 4.39 Å². The van der Waals surface area contributed by atoms with Gasteiger partial charge < -0.3 is 23.5 Å². The van der Waals surface area contributed by atoms with Gasteiger partial charge >= 0.3 is 0 Å². The summed E-state index contributed by atoms with van der Waals surface area (Å²) < 4.78 is 37.5. The molecule has 0 spiro atoms. The molecule has 0 saturated carbocycles. The van der Waals surface area contributed by atoms with E-state index in [2.05, 4.69) is 6.92 Å². The van der Waals surface area contributed by atoms with Crippen molar-refractivity contribution in [3.63, 3.8) is 0 Å². The lowest BCUT2D eigenvalue weighted by molar-refractivity contribution is 0.0486. The standard InChI is InChI=1S/C28H30FNO6/c1-3-5-12-35-22-10-8-17(14-23(22)33-4-2)25-24-26(31)20-15-18(29)9-11-21(20)36-27(24)28(32)30(25)16-19-7-6-13-34-19/h8-11,14-15,19,25H,3-7,12-13,16H2,1-2H3. The lowest BCUT2D eigenvalue weighted by Crippen LogP contribution is -2.36. The fourth-order valence-electron chi connectivity index (χ4n) is 4.94. The van der Waals surface area contributed by atoms with Crippen LogP contribution >= 0.6 is 0 Å². The van der Waals surface area contributed by atoms with Gasteiger partial charge in [0.2, 0.25) is 5.76 Å². The highest BCUT2D eigenvalue weighted by Crippen LogP contribution is 2.41. The molecular formula is C28H30FNO6. The molecule has 190 valence electrons. The Morgan fingerprint density at radius 1 is 1.08 bits per heavy atom. The molecule has 2 unspecified atom stereocenters. The van der Waals surface area contributed by atoms with Gasteiger partial charge in [0.25, 0.3) is 5.91 Å². The number of unbranched alkanes of at least 4 members (excludes halogenated alkanes) is 1. The minimum atomic E-state index is -0.718. The van der Waals surface area contributed by atoms with Crippen molar-refractivity contribution in [3.8, 4) is 11.5 Å². The molecule has 5 rings (SSSR count). The van der Waals surface area contributed by atoms with Crippen LogP contribution in [0.5, 0.6) is 11.5 Å². The molecule has 1 fully saturated rings. The Kier molecular flexibility index (Phi) is 6.96. The van der Waals surface area contributed by atoms with E-state index < -0.39 is 17.3 Å². The maximum absolute atomic E-state index is 14.0. The molecule has 1 aromatic heterocycles. The van der Waals surface area contributed by atoms with Crippen molar-refractivity contribution >= 4 is 16.9 Å². The molecule has 0 N–H and O–H groups in total. The Morgan fingerprint density at radius 3 is 2.69 bits per heavy atom. The predicted molar refractivity (Wildman–Crippen MR) is 132 cm³/mol. The largest absolute Gasteiger partial charge is 0.490 e. The molecule has 1 amide bonds. The van der Waals surface area contributed by atoms with Gasteiger partial charge in [0.05, 0.1) is 36.3 Å². The van der Waals surface area contributed by atoms with Crippen molar-refractivity contribution in [2.75, 3.05) is 26.4 Å². The van der Waals surface area contributed by atoms with Crippen LogP contribution < -0.4 is 14.9 Å². The molecule has 3 heterocycles. The van der Waals surface area contributed by atoms with Crippen molar-refractivity contribution in [1.29, 1.82) is 0 Å². The van der Waals surface area contributed by atoms with E-state index in [4.69, 9.17) is 18.6 Å². The number of rotatable bonds is 9. The second-order valence-electron chi connectivity index (χ2n) is 9.15. The minimum Gasteiger partial charge on any atom is -0.490 e. The van der Waals surface area contributed by atoms with Crippen molar-refractivity contribution in [2.24, 2.45) is 0 Å². The van der Waals surface area contributed by atoms with Gasteiger partial charge in [-0.2, -0.15) is 0 Å². The molecule has 2 aliphatic rings. The van der Waals surface area contributed by atoms with Gasteiger partial charge in [-0.1, -0.05) is 19.4 Å². The van der Waals surface area contributed by atoms with Crippen molar-refractivity contribution < 1.29 is 27.8 Å². The molecule has 3 aromatic rings. The van der Waals surface area contributed by atoms with Crippen molar-refractivity contribution in [3.05, 3.63) is 69.3 Å². The number of carbonyl (C=O) groups excluding carboxylic acids is 1. The van der Waals surface area contributed by atoms with Crippen LogP contribution in [0.2, 0.25) is 0 Å². The fraction of sp³-hybridized carbons (Fsp3) is 0.429. The third-order valence-electron chi connectivity index (χ3n) is 6.69. The highest BCUT2D eigenvalue weighted by Gasteiger charge is 2.44. The zero-order valence-corrected chi connectivity index (χ0v) is 20.6. The Labute approximate surface area is 208 Å². The lowest BCUT2D eigenvalue weighted by atomic mass is 9.97. The summed E-state index contributed by atoms with van der Waals surface area (Å²) in [7, 11) is 0. The number of halogens is 1. The third kappa shape index (κ3) is 4.46. The average Bonchev–Trinajstić information content (AvgIpc) is 3.48. The number of hydrogen-bond donors (Lipinski definition) is 0. The Morgan fingerprint density at radius 2 is 1.94 bits per heavy atom. The number of carbonyl (C=O) groups is 1. The van der Waals surface area contributed by atoms with Crippen LogP contribution in [0.15, 0.2) is 45.6 Å². The second-order valence-corrected chi connectivity index (χ2v) is 9.15. The Balaban J connectivity index is 1.63. The zero-order valence-electron chi connectivity index (χ0n) is 20.6. The summed E-state index contributed by atoms with van der Waals surface area (Å²) >= 11 is 0. The maximum Gasteiger partial charge on any atom is 0.291 e. The van der Waals surface area contributed by atoms with Gasteiger partial charge in [-0.3, -0.25) is 9.59 Å². The van der Waals surface area contributed by atoms with Crippen molar-refractivity contribution in [1.82, 2.24) is 4.90 Å². The topological polar surface area (TPSA) is 78.2 Å². The summed E-state index contributed by atoms with van der Waals surface area (Å²) in [4.78, 5) is 28.9.